The molecule has 2 aromatic heterocycles. The van der Waals surface area contributed by atoms with Gasteiger partial charge in [-0.3, -0.25) is 14.9 Å². The maximum absolute atomic E-state index is 12.8. The molecule has 14 heteroatoms. The lowest BCUT2D eigenvalue weighted by Gasteiger charge is -2.40. The third-order valence-electron chi connectivity index (χ3n) is 5.99. The van der Waals surface area contributed by atoms with Gasteiger partial charge in [0.05, 0.1) is 6.26 Å². The van der Waals surface area contributed by atoms with Gasteiger partial charge in [-0.2, -0.15) is 0 Å². The monoisotopic (exact) mass is 504 g/mol. The van der Waals surface area contributed by atoms with E-state index < -0.39 is 18.2 Å². The molecule has 0 saturated carbocycles. The SMILES string of the molecule is Cc1nnc(SCCN2C(N3CCN(C(=O)c4ccco4)CC3)=NC3C2C(=O)NC(=O)N3C)s1. The van der Waals surface area contributed by atoms with E-state index in [1.165, 1.54) is 22.5 Å². The fourth-order valence-corrected chi connectivity index (χ4v) is 6.07. The van der Waals surface area contributed by atoms with Gasteiger partial charge < -0.3 is 24.0 Å². The molecule has 3 aliphatic rings. The van der Waals surface area contributed by atoms with Crippen molar-refractivity contribution >= 4 is 46.9 Å². The second kappa shape index (κ2) is 9.25. The Bertz CT molecular complexity index is 1110. The molecule has 2 unspecified atom stereocenters. The third kappa shape index (κ3) is 4.22. The molecule has 34 heavy (non-hydrogen) atoms. The normalized spacial score (nSPS) is 22.7. The van der Waals surface area contributed by atoms with Gasteiger partial charge in [0.2, 0.25) is 0 Å². The fraction of sp³-hybridized carbons (Fsp3) is 0.500. The van der Waals surface area contributed by atoms with Crippen molar-refractivity contribution in [2.45, 2.75) is 23.5 Å². The van der Waals surface area contributed by atoms with Gasteiger partial charge in [0, 0.05) is 45.5 Å². The fourth-order valence-electron chi connectivity index (χ4n) is 4.25. The summed E-state index contributed by atoms with van der Waals surface area (Å²) in [5.41, 5.74) is 0. The quantitative estimate of drug-likeness (QED) is 0.580. The lowest BCUT2D eigenvalue weighted by molar-refractivity contribution is -0.127. The van der Waals surface area contributed by atoms with Crippen molar-refractivity contribution in [3.8, 4) is 0 Å². The van der Waals surface area contributed by atoms with E-state index in [4.69, 9.17) is 9.41 Å². The van der Waals surface area contributed by atoms with E-state index >= 15 is 0 Å². The molecule has 180 valence electrons. The van der Waals surface area contributed by atoms with Gasteiger partial charge in [0.1, 0.15) is 5.01 Å². The standard InChI is InChI=1S/C20H24N8O4S2/c1-12-23-24-20(34-12)33-11-9-28-14-15(25(2)19(31)22-16(14)29)21-18(28)27-7-5-26(6-8-27)17(30)13-4-3-10-32-13/h3-4,10,14-15H,5-9,11H2,1-2H3,(H,22,29,31). The number of furan rings is 1. The van der Waals surface area contributed by atoms with Gasteiger partial charge in [-0.25, -0.2) is 9.79 Å². The van der Waals surface area contributed by atoms with Crippen LogP contribution in [0, 0.1) is 6.92 Å². The van der Waals surface area contributed by atoms with Crippen molar-refractivity contribution in [1.82, 2.24) is 35.1 Å². The average molecular weight is 505 g/mol. The zero-order chi connectivity index (χ0) is 23.8. The topological polar surface area (TPSA) is 127 Å². The molecule has 2 saturated heterocycles. The Balaban J connectivity index is 1.30. The molecule has 2 atom stereocenters. The minimum Gasteiger partial charge on any atom is -0.459 e. The molecule has 2 aromatic rings. The number of carbonyl (C=O) groups excluding carboxylic acids is 3. The Labute approximate surface area is 204 Å². The van der Waals surface area contributed by atoms with Crippen molar-refractivity contribution in [2.75, 3.05) is 45.5 Å². The number of aryl methyl sites for hydroxylation is 1. The molecule has 0 aromatic carbocycles. The van der Waals surface area contributed by atoms with Crippen LogP contribution in [0.4, 0.5) is 4.79 Å². The molecule has 0 spiro atoms. The number of guanidine groups is 1. The lowest BCUT2D eigenvalue weighted by Crippen LogP contribution is -2.65. The predicted octanol–water partition coefficient (Wildman–Crippen LogP) is 0.538. The van der Waals surface area contributed by atoms with Gasteiger partial charge >= 0.3 is 6.03 Å². The Kier molecular flexibility index (Phi) is 6.16. The minimum atomic E-state index is -0.600. The van der Waals surface area contributed by atoms with Crippen LogP contribution in [0.2, 0.25) is 0 Å². The van der Waals surface area contributed by atoms with Crippen molar-refractivity contribution < 1.29 is 18.8 Å². The first kappa shape index (κ1) is 22.7. The minimum absolute atomic E-state index is 0.142. The molecule has 5 heterocycles. The first-order valence-corrected chi connectivity index (χ1v) is 12.7. The molecule has 4 amide bonds. The van der Waals surface area contributed by atoms with E-state index in [1.54, 1.807) is 35.8 Å². The molecule has 0 bridgehead atoms. The van der Waals surface area contributed by atoms with E-state index in [2.05, 4.69) is 20.4 Å². The highest BCUT2D eigenvalue weighted by molar-refractivity contribution is 8.01. The van der Waals surface area contributed by atoms with Crippen LogP contribution in [0.25, 0.3) is 0 Å². The Morgan fingerprint density at radius 3 is 2.74 bits per heavy atom. The van der Waals surface area contributed by atoms with Crippen LogP contribution >= 0.6 is 23.1 Å². The number of nitrogens with one attached hydrogen (secondary N) is 1. The number of hydrogen-bond donors (Lipinski definition) is 1. The van der Waals surface area contributed by atoms with Crippen LogP contribution in [0.1, 0.15) is 15.6 Å². The Morgan fingerprint density at radius 1 is 1.26 bits per heavy atom. The van der Waals surface area contributed by atoms with Crippen LogP contribution in [0.15, 0.2) is 32.1 Å². The van der Waals surface area contributed by atoms with Crippen molar-refractivity contribution in [1.29, 1.82) is 0 Å². The molecule has 1 N–H and O–H groups in total. The number of carbonyl (C=O) groups is 3. The lowest BCUT2D eigenvalue weighted by atomic mass is 10.1. The molecule has 12 nitrogen and oxygen atoms in total. The number of imide groups is 1. The second-order valence-electron chi connectivity index (χ2n) is 8.08. The summed E-state index contributed by atoms with van der Waals surface area (Å²) in [6, 6.07) is 2.30. The largest absolute Gasteiger partial charge is 0.459 e. The molecule has 0 radical (unpaired) electrons. The molecule has 0 aliphatic carbocycles. The number of aromatic nitrogens is 2. The van der Waals surface area contributed by atoms with Gasteiger partial charge in [-0.05, 0) is 19.1 Å². The van der Waals surface area contributed by atoms with Crippen LogP contribution in [-0.2, 0) is 4.79 Å². The molecule has 5 rings (SSSR count). The molecular formula is C20H24N8O4S2. The van der Waals surface area contributed by atoms with E-state index in [0.29, 0.717) is 50.2 Å². The molecule has 2 fully saturated rings. The van der Waals surface area contributed by atoms with E-state index in [-0.39, 0.29) is 11.8 Å². The summed E-state index contributed by atoms with van der Waals surface area (Å²) < 4.78 is 6.12. The summed E-state index contributed by atoms with van der Waals surface area (Å²) in [6.45, 7) is 4.58. The van der Waals surface area contributed by atoms with Gasteiger partial charge in [-0.1, -0.05) is 23.1 Å². The predicted molar refractivity (Wildman–Crippen MR) is 125 cm³/mol. The van der Waals surface area contributed by atoms with Crippen LogP contribution in [0.3, 0.4) is 0 Å². The summed E-state index contributed by atoms with van der Waals surface area (Å²) in [4.78, 5) is 49.7. The van der Waals surface area contributed by atoms with Gasteiger partial charge in [0.15, 0.2) is 28.3 Å². The number of rotatable bonds is 5. The smallest absolute Gasteiger partial charge is 0.325 e. The van der Waals surface area contributed by atoms with Gasteiger partial charge in [0.25, 0.3) is 11.8 Å². The maximum atomic E-state index is 12.8. The van der Waals surface area contributed by atoms with Crippen LogP contribution < -0.4 is 5.32 Å². The number of likely N-dealkylation sites (N-methyl/N-ethyl adjacent to an activating group) is 1. The number of thioether (sulfide) groups is 1. The number of nitrogens with zero attached hydrogens (tertiary/aromatic N) is 7. The average Bonchev–Trinajstić information content (AvgIpc) is 3.58. The Hall–Kier alpha value is -3.13. The third-order valence-corrected chi connectivity index (χ3v) is 7.94. The van der Waals surface area contributed by atoms with Gasteiger partial charge in [-0.15, -0.1) is 10.2 Å². The highest BCUT2D eigenvalue weighted by Gasteiger charge is 2.49. The number of hydrogen-bond acceptors (Lipinski definition) is 11. The van der Waals surface area contributed by atoms with E-state index in [0.717, 1.165) is 9.35 Å². The van der Waals surface area contributed by atoms with E-state index in [1.807, 2.05) is 11.8 Å². The number of urea groups is 1. The first-order chi connectivity index (χ1) is 16.4. The van der Waals surface area contributed by atoms with Crippen molar-refractivity contribution in [3.05, 3.63) is 29.2 Å². The second-order valence-corrected chi connectivity index (χ2v) is 10.6. The molecule has 3 aliphatic heterocycles. The summed E-state index contributed by atoms with van der Waals surface area (Å²) in [5.74, 6) is 1.18. The summed E-state index contributed by atoms with van der Waals surface area (Å²) in [6.07, 6.45) is 0.896. The molecular weight excluding hydrogens is 480 g/mol. The Morgan fingerprint density at radius 2 is 2.06 bits per heavy atom. The summed E-state index contributed by atoms with van der Waals surface area (Å²) in [7, 11) is 1.64. The van der Waals surface area contributed by atoms with Crippen molar-refractivity contribution in [3.63, 3.8) is 0 Å². The van der Waals surface area contributed by atoms with E-state index in [9.17, 15) is 14.4 Å². The highest BCUT2D eigenvalue weighted by atomic mass is 32.2. The summed E-state index contributed by atoms with van der Waals surface area (Å²) in [5, 5.41) is 11.5. The zero-order valence-electron chi connectivity index (χ0n) is 18.7. The van der Waals surface area contributed by atoms with Crippen molar-refractivity contribution in [2.24, 2.45) is 4.99 Å². The number of fused-ring (bicyclic) bond motifs is 1. The number of piperazine rings is 1. The highest BCUT2D eigenvalue weighted by Crippen LogP contribution is 2.28. The van der Waals surface area contributed by atoms with Crippen LogP contribution in [-0.4, -0.2) is 111 Å². The van der Waals surface area contributed by atoms with Crippen LogP contribution in [0.5, 0.6) is 0 Å². The first-order valence-electron chi connectivity index (χ1n) is 10.8. The zero-order valence-corrected chi connectivity index (χ0v) is 20.3. The number of amides is 4. The maximum Gasteiger partial charge on any atom is 0.325 e. The summed E-state index contributed by atoms with van der Waals surface area (Å²) >= 11 is 3.10. The number of aliphatic imine (C=N–C) groups is 1.